The van der Waals surface area contributed by atoms with Crippen molar-refractivity contribution in [3.05, 3.63) is 70.9 Å². The zero-order chi connectivity index (χ0) is 20.8. The minimum atomic E-state index is -0.211. The fraction of sp³-hybridized carbons (Fsp3) is 0.100. The second-order valence-corrected chi connectivity index (χ2v) is 8.17. The molecule has 4 aromatic rings. The Bertz CT molecular complexity index is 1120. The van der Waals surface area contributed by atoms with Gasteiger partial charge >= 0.3 is 0 Å². The van der Waals surface area contributed by atoms with Crippen LogP contribution in [0.15, 0.2) is 69.6 Å². The summed E-state index contributed by atoms with van der Waals surface area (Å²) in [5.74, 6) is 0.967. The highest BCUT2D eigenvalue weighted by Crippen LogP contribution is 2.26. The average molecular weight is 459 g/mol. The van der Waals surface area contributed by atoms with E-state index in [4.69, 9.17) is 20.8 Å². The smallest absolute Gasteiger partial charge is 0.277 e. The van der Waals surface area contributed by atoms with E-state index in [1.807, 2.05) is 47.8 Å². The van der Waals surface area contributed by atoms with Crippen molar-refractivity contribution in [3.63, 3.8) is 0 Å². The van der Waals surface area contributed by atoms with E-state index in [-0.39, 0.29) is 18.3 Å². The first kappa shape index (κ1) is 20.4. The Labute approximate surface area is 185 Å². The molecule has 152 valence electrons. The Morgan fingerprint density at radius 2 is 1.93 bits per heavy atom. The van der Waals surface area contributed by atoms with Gasteiger partial charge in [0.15, 0.2) is 11.7 Å². The van der Waals surface area contributed by atoms with Crippen molar-refractivity contribution >= 4 is 45.7 Å². The van der Waals surface area contributed by atoms with Crippen LogP contribution in [0.3, 0.4) is 0 Å². The van der Waals surface area contributed by atoms with E-state index < -0.39 is 0 Å². The van der Waals surface area contributed by atoms with Crippen LogP contribution < -0.4 is 10.1 Å². The lowest BCUT2D eigenvalue weighted by molar-refractivity contribution is -0.113. The first-order valence-electron chi connectivity index (χ1n) is 8.80. The Kier molecular flexibility index (Phi) is 6.63. The molecule has 7 nitrogen and oxygen atoms in total. The number of hydrogen-bond acceptors (Lipinski definition) is 8. The Morgan fingerprint density at radius 1 is 1.13 bits per heavy atom. The number of aromatic nitrogens is 3. The first-order valence-corrected chi connectivity index (χ1v) is 11.0. The summed E-state index contributed by atoms with van der Waals surface area (Å²) < 4.78 is 11.0. The molecule has 2 aromatic carbocycles. The summed E-state index contributed by atoms with van der Waals surface area (Å²) in [7, 11) is 0. The van der Waals surface area contributed by atoms with Crippen molar-refractivity contribution in [1.29, 1.82) is 0 Å². The van der Waals surface area contributed by atoms with Crippen LogP contribution in [0.5, 0.6) is 5.75 Å². The molecule has 0 unspecified atom stereocenters. The minimum Gasteiger partial charge on any atom is -0.484 e. The summed E-state index contributed by atoms with van der Waals surface area (Å²) in [6.07, 6.45) is 0. The van der Waals surface area contributed by atoms with Crippen LogP contribution >= 0.6 is 34.7 Å². The molecule has 0 aliphatic heterocycles. The molecule has 0 saturated heterocycles. The highest BCUT2D eigenvalue weighted by atomic mass is 35.5. The van der Waals surface area contributed by atoms with Crippen molar-refractivity contribution in [2.24, 2.45) is 0 Å². The van der Waals surface area contributed by atoms with Gasteiger partial charge in [-0.3, -0.25) is 4.79 Å². The van der Waals surface area contributed by atoms with Crippen LogP contribution in [-0.2, 0) is 11.4 Å². The quantitative estimate of drug-likeness (QED) is 0.365. The highest BCUT2D eigenvalue weighted by molar-refractivity contribution is 7.99. The van der Waals surface area contributed by atoms with Gasteiger partial charge in [0.25, 0.3) is 11.1 Å². The maximum Gasteiger partial charge on any atom is 0.277 e. The zero-order valence-corrected chi connectivity index (χ0v) is 17.8. The number of halogens is 1. The van der Waals surface area contributed by atoms with E-state index in [2.05, 4.69) is 20.5 Å². The lowest BCUT2D eigenvalue weighted by atomic mass is 10.2. The second-order valence-electron chi connectivity index (χ2n) is 5.95. The summed E-state index contributed by atoms with van der Waals surface area (Å²) in [6, 6.07) is 16.7. The van der Waals surface area contributed by atoms with E-state index in [1.54, 1.807) is 12.1 Å². The summed E-state index contributed by atoms with van der Waals surface area (Å²) in [5, 5.41) is 14.0. The predicted molar refractivity (Wildman–Crippen MR) is 117 cm³/mol. The van der Waals surface area contributed by atoms with Crippen LogP contribution in [0.25, 0.3) is 11.3 Å². The number of carbonyl (C=O) groups is 1. The standard InChI is InChI=1S/C20H15ClN4O3S2/c21-14-8-6-13(7-9-14)16-11-29-19(22-16)23-17(26)12-30-20-25-24-18(28-20)10-27-15-4-2-1-3-5-15/h1-9,11H,10,12H2,(H,22,23,26). The SMILES string of the molecule is O=C(CSc1nnc(COc2ccccc2)o1)Nc1nc(-c2ccc(Cl)cc2)cs1. The summed E-state index contributed by atoms with van der Waals surface area (Å²) in [4.78, 5) is 16.6. The van der Waals surface area contributed by atoms with Gasteiger partial charge < -0.3 is 14.5 Å². The number of nitrogens with one attached hydrogen (secondary N) is 1. The number of para-hydroxylation sites is 1. The molecule has 0 aliphatic rings. The maximum absolute atomic E-state index is 12.2. The molecule has 30 heavy (non-hydrogen) atoms. The number of amides is 1. The Balaban J connectivity index is 1.25. The number of thioether (sulfide) groups is 1. The van der Waals surface area contributed by atoms with E-state index in [1.165, 1.54) is 11.3 Å². The number of rotatable bonds is 8. The third-order valence-electron chi connectivity index (χ3n) is 3.77. The molecule has 0 radical (unpaired) electrons. The summed E-state index contributed by atoms with van der Waals surface area (Å²) >= 11 is 8.41. The van der Waals surface area contributed by atoms with Crippen molar-refractivity contribution in [2.75, 3.05) is 11.1 Å². The van der Waals surface area contributed by atoms with Gasteiger partial charge in [0.05, 0.1) is 11.4 Å². The molecule has 0 atom stereocenters. The van der Waals surface area contributed by atoms with Gasteiger partial charge in [0.2, 0.25) is 5.91 Å². The molecule has 4 rings (SSSR count). The van der Waals surface area contributed by atoms with Gasteiger partial charge in [-0.2, -0.15) is 0 Å². The van der Waals surface area contributed by atoms with Gasteiger partial charge in [-0.1, -0.05) is 53.7 Å². The first-order chi connectivity index (χ1) is 14.7. The molecular formula is C20H15ClN4O3S2. The number of nitrogens with zero attached hydrogens (tertiary/aromatic N) is 3. The lowest BCUT2D eigenvalue weighted by Gasteiger charge is -2.01. The van der Waals surface area contributed by atoms with Gasteiger partial charge in [-0.25, -0.2) is 4.98 Å². The molecule has 10 heteroatoms. The number of anilines is 1. The van der Waals surface area contributed by atoms with Crippen molar-refractivity contribution in [2.45, 2.75) is 11.8 Å². The normalized spacial score (nSPS) is 10.7. The molecular weight excluding hydrogens is 444 g/mol. The number of carbonyl (C=O) groups excluding carboxylic acids is 1. The van der Waals surface area contributed by atoms with Gasteiger partial charge in [-0.05, 0) is 24.3 Å². The van der Waals surface area contributed by atoms with Crippen LogP contribution in [-0.4, -0.2) is 26.8 Å². The average Bonchev–Trinajstić information content (AvgIpc) is 3.42. The van der Waals surface area contributed by atoms with Crippen LogP contribution in [0.2, 0.25) is 5.02 Å². The fourth-order valence-electron chi connectivity index (χ4n) is 2.38. The van der Waals surface area contributed by atoms with Gasteiger partial charge in [0, 0.05) is 16.0 Å². The predicted octanol–water partition coefficient (Wildman–Crippen LogP) is 5.16. The Morgan fingerprint density at radius 3 is 2.73 bits per heavy atom. The Hall–Kier alpha value is -2.88. The van der Waals surface area contributed by atoms with Gasteiger partial charge in [0.1, 0.15) is 5.75 Å². The second kappa shape index (κ2) is 9.75. The maximum atomic E-state index is 12.2. The fourth-order valence-corrected chi connectivity index (χ4v) is 3.83. The molecule has 0 saturated carbocycles. The summed E-state index contributed by atoms with van der Waals surface area (Å²) in [5.41, 5.74) is 1.71. The third kappa shape index (κ3) is 5.59. The molecule has 2 heterocycles. The highest BCUT2D eigenvalue weighted by Gasteiger charge is 2.12. The molecule has 1 amide bonds. The zero-order valence-electron chi connectivity index (χ0n) is 15.4. The van der Waals surface area contributed by atoms with E-state index in [0.717, 1.165) is 23.0 Å². The molecule has 1 N–H and O–H groups in total. The molecule has 2 aromatic heterocycles. The van der Waals surface area contributed by atoms with E-state index in [0.29, 0.717) is 27.0 Å². The minimum absolute atomic E-state index is 0.122. The summed E-state index contributed by atoms with van der Waals surface area (Å²) in [6.45, 7) is 0.163. The lowest BCUT2D eigenvalue weighted by Crippen LogP contribution is -2.13. The van der Waals surface area contributed by atoms with Crippen LogP contribution in [0, 0.1) is 0 Å². The van der Waals surface area contributed by atoms with Crippen molar-refractivity contribution < 1.29 is 13.9 Å². The van der Waals surface area contributed by atoms with E-state index in [9.17, 15) is 4.79 Å². The largest absolute Gasteiger partial charge is 0.484 e. The van der Waals surface area contributed by atoms with Crippen molar-refractivity contribution in [3.8, 4) is 17.0 Å². The van der Waals surface area contributed by atoms with Crippen molar-refractivity contribution in [1.82, 2.24) is 15.2 Å². The van der Waals surface area contributed by atoms with E-state index >= 15 is 0 Å². The van der Waals surface area contributed by atoms with Gasteiger partial charge in [-0.15, -0.1) is 21.5 Å². The third-order valence-corrected chi connectivity index (χ3v) is 5.60. The van der Waals surface area contributed by atoms with Crippen LogP contribution in [0.1, 0.15) is 5.89 Å². The molecule has 0 spiro atoms. The number of ether oxygens (including phenoxy) is 1. The molecule has 0 bridgehead atoms. The number of thiazole rings is 1. The number of benzene rings is 2. The monoisotopic (exact) mass is 458 g/mol. The van der Waals surface area contributed by atoms with Crippen LogP contribution in [0.4, 0.5) is 5.13 Å². The molecule has 0 aliphatic carbocycles. The molecule has 0 fully saturated rings. The topological polar surface area (TPSA) is 90.1 Å². The number of hydrogen-bond donors (Lipinski definition) is 1.